The minimum atomic E-state index is -1.39. The highest BCUT2D eigenvalue weighted by Gasteiger charge is 2.41. The molecule has 364 valence electrons. The molecule has 66 heavy (non-hydrogen) atoms. The zero-order chi connectivity index (χ0) is 49.1. The molecule has 0 radical (unpaired) electrons. The fraction of sp³-hybridized carbons (Fsp3) is 0.571. The van der Waals surface area contributed by atoms with E-state index < -0.39 is 102 Å². The van der Waals surface area contributed by atoms with Crippen LogP contribution in [0, 0.1) is 5.92 Å². The number of aromatic amines is 1. The first-order valence-electron chi connectivity index (χ1n) is 21.7. The van der Waals surface area contributed by atoms with Gasteiger partial charge in [0.1, 0.15) is 42.3 Å². The number of likely N-dealkylation sites (tertiary alicyclic amines) is 1. The van der Waals surface area contributed by atoms with Crippen LogP contribution in [0.5, 0.6) is 0 Å². The highest BCUT2D eigenvalue weighted by atomic mass is 32.1. The number of aliphatic hydroxyl groups is 1. The number of rotatable bonds is 26. The summed E-state index contributed by atoms with van der Waals surface area (Å²) in [4.78, 5) is 120. The third-order valence-electron chi connectivity index (χ3n) is 10.5. The summed E-state index contributed by atoms with van der Waals surface area (Å²) in [7, 11) is 0. The molecule has 23 nitrogen and oxygen atoms in total. The van der Waals surface area contributed by atoms with Gasteiger partial charge in [0.25, 0.3) is 0 Å². The van der Waals surface area contributed by atoms with E-state index >= 15 is 0 Å². The average molecular weight is 944 g/mol. The predicted molar refractivity (Wildman–Crippen MR) is 245 cm³/mol. The van der Waals surface area contributed by atoms with E-state index in [-0.39, 0.29) is 69.2 Å². The van der Waals surface area contributed by atoms with Crippen LogP contribution in [0.15, 0.2) is 47.8 Å². The van der Waals surface area contributed by atoms with E-state index in [0.717, 1.165) is 0 Å². The Labute approximate surface area is 388 Å². The van der Waals surface area contributed by atoms with Crippen molar-refractivity contribution in [2.75, 3.05) is 18.8 Å². The largest absolute Gasteiger partial charge is 0.480 e. The third kappa shape index (κ3) is 17.3. The van der Waals surface area contributed by atoms with Gasteiger partial charge in [0.05, 0.1) is 18.5 Å². The Balaban J connectivity index is 1.92. The lowest BCUT2D eigenvalue weighted by atomic mass is 10.00. The molecule has 0 aliphatic carbocycles. The number of guanidine groups is 1. The molecule has 15 N–H and O–H groups in total. The van der Waals surface area contributed by atoms with Crippen molar-refractivity contribution in [3.63, 3.8) is 0 Å². The van der Waals surface area contributed by atoms with Crippen LogP contribution in [0.4, 0.5) is 0 Å². The van der Waals surface area contributed by atoms with Crippen molar-refractivity contribution in [3.05, 3.63) is 54.1 Å². The molecule has 24 heteroatoms. The van der Waals surface area contributed by atoms with Gasteiger partial charge in [-0.3, -0.25) is 38.6 Å². The van der Waals surface area contributed by atoms with Crippen molar-refractivity contribution < 1.29 is 48.6 Å². The van der Waals surface area contributed by atoms with Gasteiger partial charge >= 0.3 is 5.97 Å². The zero-order valence-electron chi connectivity index (χ0n) is 37.6. The maximum Gasteiger partial charge on any atom is 0.327 e. The number of hydrogen-bond donors (Lipinski definition) is 13. The Hall–Kier alpha value is -6.27. The molecule has 0 saturated carbocycles. The van der Waals surface area contributed by atoms with Crippen molar-refractivity contribution in [2.24, 2.45) is 28.1 Å². The summed E-state index contributed by atoms with van der Waals surface area (Å²) >= 11 is 4.01. The van der Waals surface area contributed by atoms with E-state index in [2.05, 4.69) is 59.5 Å². The van der Waals surface area contributed by atoms with Crippen molar-refractivity contribution in [1.29, 1.82) is 0 Å². The maximum atomic E-state index is 14.4. The molecule has 1 aliphatic rings. The number of amides is 7. The summed E-state index contributed by atoms with van der Waals surface area (Å²) < 4.78 is 0. The number of aliphatic imine (C=N–C) groups is 1. The lowest BCUT2D eigenvalue weighted by Crippen LogP contribution is -2.61. The summed E-state index contributed by atoms with van der Waals surface area (Å²) in [5, 5.41) is 35.6. The molecular formula is C42H65N13O10S. The average Bonchev–Trinajstić information content (AvgIpc) is 3.97. The minimum absolute atomic E-state index is 0.0549. The topological polar surface area (TPSA) is 372 Å². The van der Waals surface area contributed by atoms with Gasteiger partial charge < -0.3 is 69.2 Å². The summed E-state index contributed by atoms with van der Waals surface area (Å²) in [6.07, 6.45) is 2.14. The molecule has 1 fully saturated rings. The summed E-state index contributed by atoms with van der Waals surface area (Å²) in [6.45, 7) is 6.60. The second kappa shape index (κ2) is 26.6. The number of carboxylic acid groups (broad SMARTS) is 1. The highest BCUT2D eigenvalue weighted by molar-refractivity contribution is 7.80. The number of nitrogens with one attached hydrogen (secondary N) is 7. The molecule has 2 heterocycles. The van der Waals surface area contributed by atoms with Crippen LogP contribution in [-0.4, -0.2) is 152 Å². The van der Waals surface area contributed by atoms with Gasteiger partial charge in [-0.15, -0.1) is 0 Å². The Bertz CT molecular complexity index is 1980. The number of nitrogens with two attached hydrogens (primary N) is 3. The number of imidazole rings is 1. The van der Waals surface area contributed by atoms with Gasteiger partial charge in [0.2, 0.25) is 41.4 Å². The van der Waals surface area contributed by atoms with Crippen molar-refractivity contribution >= 4 is 65.9 Å². The second-order valence-electron chi connectivity index (χ2n) is 16.6. The fourth-order valence-electron chi connectivity index (χ4n) is 7.06. The molecule has 0 bridgehead atoms. The van der Waals surface area contributed by atoms with Crippen LogP contribution in [-0.2, 0) is 51.2 Å². The molecule has 1 aromatic carbocycles. The maximum absolute atomic E-state index is 14.4. The Morgan fingerprint density at radius 2 is 1.42 bits per heavy atom. The van der Waals surface area contributed by atoms with E-state index in [1.807, 2.05) is 13.8 Å². The molecule has 9 atom stereocenters. The van der Waals surface area contributed by atoms with Crippen LogP contribution in [0.1, 0.15) is 71.1 Å². The van der Waals surface area contributed by atoms with Crippen LogP contribution >= 0.6 is 12.6 Å². The number of carbonyl (C=O) groups excluding carboxylic acids is 7. The first-order chi connectivity index (χ1) is 31.2. The van der Waals surface area contributed by atoms with E-state index in [0.29, 0.717) is 17.7 Å². The Kier molecular flexibility index (Phi) is 21.8. The number of carbonyl (C=O) groups is 8. The Morgan fingerprint density at radius 1 is 0.833 bits per heavy atom. The standard InChI is InChI=1S/C42H65N13O10S/c1-22(2)16-28(52-39(62)32-13-9-15-55(32)40(63)33(24(4)56)54-34(57)23(3)43)36(59)50-29(17-25-10-6-5-7-11-25)37(60)49-27(12-8-14-47-42(44)45)35(58)51-30(18-26-19-46-21-48-26)38(61)53-31(20-66)41(64)65/h5-7,10-11,19,21-24,27-33,56,66H,8-9,12-18,20,43H2,1-4H3,(H,46,48)(H,49,60)(H,50,59)(H,51,58)(H,52,62)(H,53,61)(H,54,57)(H,64,65)(H4,44,45,47)/t23-,24+,27-,28-,29-,30-,31-,32-,33-/m0/s1. The fourth-order valence-corrected chi connectivity index (χ4v) is 7.31. The smallest absolute Gasteiger partial charge is 0.327 e. The molecule has 0 spiro atoms. The number of carboxylic acids is 1. The molecule has 1 aliphatic heterocycles. The number of thiol groups is 1. The van der Waals surface area contributed by atoms with Crippen molar-refractivity contribution in [2.45, 2.75) is 127 Å². The third-order valence-corrected chi connectivity index (χ3v) is 10.9. The van der Waals surface area contributed by atoms with E-state index in [1.54, 1.807) is 30.3 Å². The SMILES string of the molecule is CC(C)C[C@H](NC(=O)[C@@H]1CCCN1C(=O)[C@@H](NC(=O)[C@H](C)N)[C@@H](C)O)C(=O)N[C@@H](Cc1ccccc1)C(=O)N[C@@H](CCCN=C(N)N)C(=O)N[C@@H](Cc1cnc[nH]1)C(=O)N[C@@H](CS)C(=O)O. The van der Waals surface area contributed by atoms with E-state index in [1.165, 1.54) is 31.3 Å². The zero-order valence-corrected chi connectivity index (χ0v) is 38.5. The number of nitrogens with zero attached hydrogens (tertiary/aromatic N) is 3. The summed E-state index contributed by atoms with van der Waals surface area (Å²) in [5.41, 5.74) is 17.7. The molecular weight excluding hydrogens is 879 g/mol. The number of aliphatic hydroxyl groups excluding tert-OH is 1. The Morgan fingerprint density at radius 3 is 1.97 bits per heavy atom. The molecule has 2 aromatic rings. The quantitative estimate of drug-likeness (QED) is 0.0193. The monoisotopic (exact) mass is 943 g/mol. The van der Waals surface area contributed by atoms with Crippen LogP contribution < -0.4 is 49.1 Å². The van der Waals surface area contributed by atoms with Gasteiger partial charge in [-0.2, -0.15) is 12.6 Å². The summed E-state index contributed by atoms with van der Waals surface area (Å²) in [5.74, 6) is -7.20. The first-order valence-corrected chi connectivity index (χ1v) is 22.3. The number of benzene rings is 1. The van der Waals surface area contributed by atoms with E-state index in [9.17, 15) is 48.6 Å². The highest BCUT2D eigenvalue weighted by Crippen LogP contribution is 2.21. The molecule has 7 amide bonds. The second-order valence-corrected chi connectivity index (χ2v) is 16.9. The summed E-state index contributed by atoms with van der Waals surface area (Å²) in [6, 6.07) is -1.34. The lowest BCUT2D eigenvalue weighted by Gasteiger charge is -2.31. The first kappa shape index (κ1) is 54.1. The van der Waals surface area contributed by atoms with Crippen LogP contribution in [0.3, 0.4) is 0 Å². The minimum Gasteiger partial charge on any atom is -0.480 e. The van der Waals surface area contributed by atoms with Gasteiger partial charge in [-0.25, -0.2) is 9.78 Å². The molecule has 1 saturated heterocycles. The number of aliphatic carboxylic acids is 1. The lowest BCUT2D eigenvalue weighted by molar-refractivity contribution is -0.144. The van der Waals surface area contributed by atoms with Crippen LogP contribution in [0.25, 0.3) is 0 Å². The molecule has 0 unspecified atom stereocenters. The van der Waals surface area contributed by atoms with Gasteiger partial charge in [0, 0.05) is 43.6 Å². The molecule has 1 aromatic heterocycles. The number of hydrogen-bond acceptors (Lipinski definition) is 13. The molecule has 3 rings (SSSR count). The number of aromatic nitrogens is 2. The van der Waals surface area contributed by atoms with Crippen molar-refractivity contribution in [3.8, 4) is 0 Å². The van der Waals surface area contributed by atoms with Gasteiger partial charge in [-0.05, 0) is 57.4 Å². The number of H-pyrrole nitrogens is 1. The van der Waals surface area contributed by atoms with E-state index in [4.69, 9.17) is 17.2 Å². The van der Waals surface area contributed by atoms with Crippen LogP contribution in [0.2, 0.25) is 0 Å². The van der Waals surface area contributed by atoms with Crippen molar-refractivity contribution in [1.82, 2.24) is 46.8 Å². The predicted octanol–water partition coefficient (Wildman–Crippen LogP) is -3.06. The van der Waals surface area contributed by atoms with Gasteiger partial charge in [0.15, 0.2) is 5.96 Å². The van der Waals surface area contributed by atoms with Gasteiger partial charge in [-0.1, -0.05) is 44.2 Å². The normalized spacial score (nSPS) is 17.1.